The molecule has 6 heteroatoms. The molecule has 1 N–H and O–H groups in total. The summed E-state index contributed by atoms with van der Waals surface area (Å²) in [5.74, 6) is 2.94. The molecule has 0 amide bonds. The molecule has 2 aromatic rings. The van der Waals surface area contributed by atoms with Gasteiger partial charge in [0.25, 0.3) is 0 Å². The van der Waals surface area contributed by atoms with E-state index in [-0.39, 0.29) is 6.10 Å². The molecule has 6 nitrogen and oxygen atoms in total. The average molecular weight is 385 g/mol. The molecule has 1 fully saturated rings. The van der Waals surface area contributed by atoms with Crippen LogP contribution in [0.25, 0.3) is 0 Å². The van der Waals surface area contributed by atoms with Crippen LogP contribution in [-0.2, 0) is 13.0 Å². The van der Waals surface area contributed by atoms with Crippen LogP contribution in [0.1, 0.15) is 17.5 Å². The molecule has 0 radical (unpaired) electrons. The fourth-order valence-corrected chi connectivity index (χ4v) is 3.89. The van der Waals surface area contributed by atoms with Gasteiger partial charge >= 0.3 is 0 Å². The third kappa shape index (κ3) is 4.03. The molecule has 0 aromatic heterocycles. The topological polar surface area (TPSA) is 60.4 Å². The lowest BCUT2D eigenvalue weighted by Crippen LogP contribution is -2.49. The van der Waals surface area contributed by atoms with Gasteiger partial charge in [-0.1, -0.05) is 12.1 Å². The molecule has 0 unspecified atom stereocenters. The lowest BCUT2D eigenvalue weighted by atomic mass is 10.0. The van der Waals surface area contributed by atoms with Crippen LogP contribution in [-0.4, -0.2) is 56.1 Å². The highest BCUT2D eigenvalue weighted by atomic mass is 16.5. The molecule has 2 aliphatic heterocycles. The predicted octanol–water partition coefficient (Wildman–Crippen LogP) is 2.65. The van der Waals surface area contributed by atoms with Crippen molar-refractivity contribution in [2.24, 2.45) is 0 Å². The van der Waals surface area contributed by atoms with Gasteiger partial charge in [-0.05, 0) is 35.7 Å². The van der Waals surface area contributed by atoms with Gasteiger partial charge in [0.05, 0.1) is 26.9 Å². The fourth-order valence-electron chi connectivity index (χ4n) is 3.89. The third-order valence-electron chi connectivity index (χ3n) is 5.41. The van der Waals surface area contributed by atoms with E-state index in [9.17, 15) is 5.11 Å². The molecular formula is C22H27NO5. The first kappa shape index (κ1) is 18.9. The van der Waals surface area contributed by atoms with Crippen LogP contribution in [0.3, 0.4) is 0 Å². The van der Waals surface area contributed by atoms with Gasteiger partial charge in [0.15, 0.2) is 11.5 Å². The normalized spacial score (nSPS) is 21.7. The van der Waals surface area contributed by atoms with Gasteiger partial charge in [-0.25, -0.2) is 0 Å². The van der Waals surface area contributed by atoms with Gasteiger partial charge in [0.1, 0.15) is 17.6 Å². The number of aliphatic hydroxyl groups is 1. The molecule has 4 rings (SSSR count). The van der Waals surface area contributed by atoms with E-state index in [4.69, 9.17) is 18.9 Å². The van der Waals surface area contributed by atoms with Crippen LogP contribution in [0.15, 0.2) is 36.4 Å². The Labute approximate surface area is 165 Å². The number of piperidine rings is 1. The van der Waals surface area contributed by atoms with Gasteiger partial charge in [-0.15, -0.1) is 0 Å². The van der Waals surface area contributed by atoms with E-state index >= 15 is 0 Å². The summed E-state index contributed by atoms with van der Waals surface area (Å²) in [5, 5.41) is 10.4. The molecule has 2 heterocycles. The van der Waals surface area contributed by atoms with E-state index < -0.39 is 6.10 Å². The molecule has 2 aromatic carbocycles. The van der Waals surface area contributed by atoms with Crippen molar-refractivity contribution in [3.8, 4) is 23.0 Å². The SMILES string of the molecule is COc1ccc(O[C@@H]2CN(Cc3ccc4c(c3)CCO4)CC[C@H]2O)cc1OC. The summed E-state index contributed by atoms with van der Waals surface area (Å²) in [4.78, 5) is 2.33. The largest absolute Gasteiger partial charge is 0.493 e. The van der Waals surface area contributed by atoms with Gasteiger partial charge in [0, 0.05) is 32.1 Å². The zero-order chi connectivity index (χ0) is 19.5. The average Bonchev–Trinajstić information content (AvgIpc) is 3.18. The van der Waals surface area contributed by atoms with Crippen molar-refractivity contribution >= 4 is 0 Å². The van der Waals surface area contributed by atoms with Crippen LogP contribution in [0, 0.1) is 0 Å². The Bertz CT molecular complexity index is 825. The Morgan fingerprint density at radius 3 is 2.79 bits per heavy atom. The number of aliphatic hydroxyl groups excluding tert-OH is 1. The van der Waals surface area contributed by atoms with Gasteiger partial charge in [-0.2, -0.15) is 0 Å². The highest BCUT2D eigenvalue weighted by Crippen LogP contribution is 2.32. The van der Waals surface area contributed by atoms with E-state index in [0.717, 1.165) is 31.9 Å². The number of rotatable bonds is 6. The van der Waals surface area contributed by atoms with E-state index in [1.54, 1.807) is 20.3 Å². The molecule has 1 saturated heterocycles. The van der Waals surface area contributed by atoms with E-state index in [1.807, 2.05) is 12.1 Å². The minimum Gasteiger partial charge on any atom is -0.493 e. The summed E-state index contributed by atoms with van der Waals surface area (Å²) >= 11 is 0. The molecule has 0 bridgehead atoms. The van der Waals surface area contributed by atoms with Crippen molar-refractivity contribution in [1.29, 1.82) is 0 Å². The second kappa shape index (κ2) is 8.29. The number of hydrogen-bond acceptors (Lipinski definition) is 6. The highest BCUT2D eigenvalue weighted by molar-refractivity contribution is 5.45. The number of fused-ring (bicyclic) bond motifs is 1. The number of hydrogen-bond donors (Lipinski definition) is 1. The summed E-state index contributed by atoms with van der Waals surface area (Å²) in [7, 11) is 3.20. The van der Waals surface area contributed by atoms with Gasteiger partial charge < -0.3 is 24.1 Å². The van der Waals surface area contributed by atoms with Crippen LogP contribution in [0.5, 0.6) is 23.0 Å². The molecule has 2 atom stereocenters. The monoisotopic (exact) mass is 385 g/mol. The quantitative estimate of drug-likeness (QED) is 0.825. The van der Waals surface area contributed by atoms with Crippen LogP contribution in [0.2, 0.25) is 0 Å². The Morgan fingerprint density at radius 2 is 1.96 bits per heavy atom. The Morgan fingerprint density at radius 1 is 1.11 bits per heavy atom. The second-order valence-electron chi connectivity index (χ2n) is 7.30. The number of methoxy groups -OCH3 is 2. The fraction of sp³-hybridized carbons (Fsp3) is 0.455. The van der Waals surface area contributed by atoms with Crippen molar-refractivity contribution in [2.75, 3.05) is 33.9 Å². The molecule has 2 aliphatic rings. The van der Waals surface area contributed by atoms with Crippen LogP contribution in [0.4, 0.5) is 0 Å². The summed E-state index contributed by atoms with van der Waals surface area (Å²) in [5.41, 5.74) is 2.55. The van der Waals surface area contributed by atoms with E-state index in [1.165, 1.54) is 11.1 Å². The van der Waals surface area contributed by atoms with Gasteiger partial charge in [-0.3, -0.25) is 4.90 Å². The molecular weight excluding hydrogens is 358 g/mol. The lowest BCUT2D eigenvalue weighted by molar-refractivity contribution is -0.0268. The van der Waals surface area contributed by atoms with Crippen molar-refractivity contribution in [3.05, 3.63) is 47.5 Å². The maximum Gasteiger partial charge on any atom is 0.164 e. The first-order chi connectivity index (χ1) is 13.7. The zero-order valence-electron chi connectivity index (χ0n) is 16.4. The summed E-state index contributed by atoms with van der Waals surface area (Å²) in [6.07, 6.45) is 0.890. The maximum atomic E-state index is 10.4. The van der Waals surface area contributed by atoms with Crippen molar-refractivity contribution in [1.82, 2.24) is 4.90 Å². The molecule has 150 valence electrons. The minimum absolute atomic E-state index is 0.287. The van der Waals surface area contributed by atoms with Gasteiger partial charge in [0.2, 0.25) is 0 Å². The number of ether oxygens (including phenoxy) is 4. The molecule has 0 saturated carbocycles. The number of likely N-dealkylation sites (tertiary alicyclic amines) is 1. The second-order valence-corrected chi connectivity index (χ2v) is 7.30. The van der Waals surface area contributed by atoms with Crippen molar-refractivity contribution < 1.29 is 24.1 Å². The van der Waals surface area contributed by atoms with E-state index in [0.29, 0.717) is 30.2 Å². The first-order valence-corrected chi connectivity index (χ1v) is 9.70. The Balaban J connectivity index is 1.42. The number of nitrogens with zero attached hydrogens (tertiary/aromatic N) is 1. The van der Waals surface area contributed by atoms with Crippen LogP contribution >= 0.6 is 0 Å². The summed E-state index contributed by atoms with van der Waals surface area (Å²) < 4.78 is 22.3. The number of benzene rings is 2. The smallest absolute Gasteiger partial charge is 0.164 e. The maximum absolute atomic E-state index is 10.4. The van der Waals surface area contributed by atoms with Crippen LogP contribution < -0.4 is 18.9 Å². The first-order valence-electron chi connectivity index (χ1n) is 9.70. The zero-order valence-corrected chi connectivity index (χ0v) is 16.4. The molecule has 0 aliphatic carbocycles. The highest BCUT2D eigenvalue weighted by Gasteiger charge is 2.30. The predicted molar refractivity (Wildman–Crippen MR) is 106 cm³/mol. The summed E-state index contributed by atoms with van der Waals surface area (Å²) in [6, 6.07) is 11.9. The molecule has 28 heavy (non-hydrogen) atoms. The lowest BCUT2D eigenvalue weighted by Gasteiger charge is -2.36. The Hall–Kier alpha value is -2.44. The standard InChI is InChI=1S/C22H27NO5/c1-25-20-6-4-17(12-21(20)26-2)28-22-14-23(9-7-18(22)24)13-15-3-5-19-16(11-15)8-10-27-19/h3-6,11-12,18,22,24H,7-10,13-14H2,1-2H3/t18-,22-/m1/s1. The third-order valence-corrected chi connectivity index (χ3v) is 5.41. The van der Waals surface area contributed by atoms with Crippen molar-refractivity contribution in [3.63, 3.8) is 0 Å². The summed E-state index contributed by atoms with van der Waals surface area (Å²) in [6.45, 7) is 3.13. The van der Waals surface area contributed by atoms with Crippen molar-refractivity contribution in [2.45, 2.75) is 31.6 Å². The Kier molecular flexibility index (Phi) is 5.59. The molecule has 0 spiro atoms. The minimum atomic E-state index is -0.488. The van der Waals surface area contributed by atoms with E-state index in [2.05, 4.69) is 23.1 Å².